The van der Waals surface area contributed by atoms with Crippen LogP contribution in [0.3, 0.4) is 0 Å². The summed E-state index contributed by atoms with van der Waals surface area (Å²) in [5, 5.41) is 12.4. The molecule has 3 heterocycles. The van der Waals surface area contributed by atoms with Crippen LogP contribution in [0.1, 0.15) is 34.1 Å². The van der Waals surface area contributed by atoms with E-state index in [0.717, 1.165) is 29.7 Å². The summed E-state index contributed by atoms with van der Waals surface area (Å²) in [4.78, 5) is 26.3. The molecule has 0 unspecified atom stereocenters. The molecule has 3 aromatic heterocycles. The van der Waals surface area contributed by atoms with Crippen molar-refractivity contribution in [3.8, 4) is 11.6 Å². The summed E-state index contributed by atoms with van der Waals surface area (Å²) in [6.45, 7) is 6.33. The second-order valence-electron chi connectivity index (χ2n) is 6.80. The SMILES string of the molecule is C=CCn1c(SCC(=O)Nc2sc3c(c2C(=O)OCC)CCC3)nnc1-c1ccco1. The van der Waals surface area contributed by atoms with Crippen molar-refractivity contribution in [3.05, 3.63) is 47.1 Å². The Hall–Kier alpha value is -2.85. The van der Waals surface area contributed by atoms with Crippen molar-refractivity contribution in [2.75, 3.05) is 17.7 Å². The van der Waals surface area contributed by atoms with Gasteiger partial charge in [-0.25, -0.2) is 4.79 Å². The van der Waals surface area contributed by atoms with Crippen molar-refractivity contribution in [1.82, 2.24) is 14.8 Å². The number of aromatic nitrogens is 3. The second-order valence-corrected chi connectivity index (χ2v) is 8.85. The number of esters is 1. The molecule has 1 amide bonds. The minimum Gasteiger partial charge on any atom is -0.462 e. The highest BCUT2D eigenvalue weighted by Gasteiger charge is 2.28. The Balaban J connectivity index is 1.47. The van der Waals surface area contributed by atoms with Gasteiger partial charge >= 0.3 is 5.97 Å². The number of thioether (sulfide) groups is 1. The predicted octanol–water partition coefficient (Wildman–Crippen LogP) is 4.18. The molecule has 1 N–H and O–H groups in total. The first kappa shape index (κ1) is 21.4. The molecule has 162 valence electrons. The van der Waals surface area contributed by atoms with Crippen LogP contribution in [0.5, 0.6) is 0 Å². The molecule has 3 aromatic rings. The first-order chi connectivity index (χ1) is 15.1. The maximum Gasteiger partial charge on any atom is 0.341 e. The number of aryl methyl sites for hydroxylation is 1. The number of hydrogen-bond donors (Lipinski definition) is 1. The van der Waals surface area contributed by atoms with Gasteiger partial charge in [-0.2, -0.15) is 0 Å². The molecular formula is C21H22N4O4S2. The number of thiophene rings is 1. The standard InChI is InChI=1S/C21H22N4O4S2/c1-3-10-25-18(14-8-6-11-29-14)23-24-21(25)30-12-16(26)22-19-17(20(27)28-4-2)13-7-5-9-15(13)31-19/h3,6,8,11H,1,4-5,7,9-10,12H2,2H3,(H,22,26). The van der Waals surface area contributed by atoms with Crippen LogP contribution in [-0.4, -0.2) is 39.0 Å². The van der Waals surface area contributed by atoms with Gasteiger partial charge in [0.2, 0.25) is 11.7 Å². The van der Waals surface area contributed by atoms with Gasteiger partial charge in [0.25, 0.3) is 0 Å². The van der Waals surface area contributed by atoms with Gasteiger partial charge in [-0.15, -0.1) is 28.1 Å². The van der Waals surface area contributed by atoms with Gasteiger partial charge in [-0.05, 0) is 43.9 Å². The Morgan fingerprint density at radius 3 is 3.03 bits per heavy atom. The van der Waals surface area contributed by atoms with Gasteiger partial charge in [0, 0.05) is 11.4 Å². The van der Waals surface area contributed by atoms with Crippen LogP contribution in [0.15, 0.2) is 40.6 Å². The number of amides is 1. The summed E-state index contributed by atoms with van der Waals surface area (Å²) in [5.74, 6) is 0.699. The maximum absolute atomic E-state index is 12.7. The molecule has 0 fully saturated rings. The number of fused-ring (bicyclic) bond motifs is 1. The minimum absolute atomic E-state index is 0.123. The molecule has 0 spiro atoms. The zero-order valence-electron chi connectivity index (χ0n) is 17.1. The molecule has 4 rings (SSSR count). The fraction of sp³-hybridized carbons (Fsp3) is 0.333. The number of furan rings is 1. The van der Waals surface area contributed by atoms with E-state index in [2.05, 4.69) is 22.1 Å². The number of anilines is 1. The number of ether oxygens (including phenoxy) is 1. The molecule has 10 heteroatoms. The number of allylic oxidation sites excluding steroid dienone is 1. The maximum atomic E-state index is 12.7. The van der Waals surface area contributed by atoms with E-state index in [4.69, 9.17) is 9.15 Å². The van der Waals surface area contributed by atoms with E-state index in [1.165, 1.54) is 23.1 Å². The highest BCUT2D eigenvalue weighted by Crippen LogP contribution is 2.39. The van der Waals surface area contributed by atoms with Gasteiger partial charge in [0.05, 0.1) is 24.2 Å². The molecule has 0 radical (unpaired) electrons. The Labute approximate surface area is 187 Å². The van der Waals surface area contributed by atoms with Crippen molar-refractivity contribution < 1.29 is 18.7 Å². The van der Waals surface area contributed by atoms with Crippen LogP contribution in [0.4, 0.5) is 5.00 Å². The third kappa shape index (κ3) is 4.45. The Morgan fingerprint density at radius 1 is 1.42 bits per heavy atom. The lowest BCUT2D eigenvalue weighted by Crippen LogP contribution is -2.17. The first-order valence-corrected chi connectivity index (χ1v) is 11.7. The van der Waals surface area contributed by atoms with E-state index in [-0.39, 0.29) is 17.6 Å². The molecule has 1 aliphatic rings. The van der Waals surface area contributed by atoms with Gasteiger partial charge in [-0.3, -0.25) is 9.36 Å². The highest BCUT2D eigenvalue weighted by molar-refractivity contribution is 7.99. The van der Waals surface area contributed by atoms with Gasteiger partial charge in [0.15, 0.2) is 10.9 Å². The summed E-state index contributed by atoms with van der Waals surface area (Å²) >= 11 is 2.73. The van der Waals surface area contributed by atoms with E-state index < -0.39 is 0 Å². The minimum atomic E-state index is -0.376. The molecule has 8 nitrogen and oxygen atoms in total. The number of carbonyl (C=O) groups is 2. The van der Waals surface area contributed by atoms with Crippen molar-refractivity contribution in [2.24, 2.45) is 0 Å². The molecule has 0 saturated carbocycles. The third-order valence-electron chi connectivity index (χ3n) is 4.76. The van der Waals surface area contributed by atoms with Crippen molar-refractivity contribution in [3.63, 3.8) is 0 Å². The lowest BCUT2D eigenvalue weighted by Gasteiger charge is -2.08. The predicted molar refractivity (Wildman–Crippen MR) is 120 cm³/mol. The summed E-state index contributed by atoms with van der Waals surface area (Å²) in [7, 11) is 0. The molecule has 0 aliphatic heterocycles. The van der Waals surface area contributed by atoms with E-state index in [1.807, 2.05) is 4.57 Å². The largest absolute Gasteiger partial charge is 0.462 e. The Bertz CT molecular complexity index is 1100. The van der Waals surface area contributed by atoms with E-state index in [1.54, 1.807) is 31.4 Å². The summed E-state index contributed by atoms with van der Waals surface area (Å²) in [5.41, 5.74) is 1.52. The molecule has 0 aromatic carbocycles. The molecule has 0 bridgehead atoms. The van der Waals surface area contributed by atoms with Crippen LogP contribution >= 0.6 is 23.1 Å². The Morgan fingerprint density at radius 2 is 2.29 bits per heavy atom. The fourth-order valence-corrected chi connectivity index (χ4v) is 5.52. The first-order valence-electron chi connectivity index (χ1n) is 9.94. The lowest BCUT2D eigenvalue weighted by molar-refractivity contribution is -0.113. The van der Waals surface area contributed by atoms with E-state index >= 15 is 0 Å². The molecule has 0 atom stereocenters. The van der Waals surface area contributed by atoms with Crippen molar-refractivity contribution >= 4 is 40.0 Å². The van der Waals surface area contributed by atoms with Crippen LogP contribution in [0.25, 0.3) is 11.6 Å². The summed E-state index contributed by atoms with van der Waals surface area (Å²) in [6, 6.07) is 3.58. The lowest BCUT2D eigenvalue weighted by atomic mass is 10.1. The molecule has 31 heavy (non-hydrogen) atoms. The Kier molecular flexibility index (Phi) is 6.57. The fourth-order valence-electron chi connectivity index (χ4n) is 3.48. The number of hydrogen-bond acceptors (Lipinski definition) is 8. The summed E-state index contributed by atoms with van der Waals surface area (Å²) in [6.07, 6.45) is 6.09. The topological polar surface area (TPSA) is 99.2 Å². The highest BCUT2D eigenvalue weighted by atomic mass is 32.2. The zero-order chi connectivity index (χ0) is 21.8. The van der Waals surface area contributed by atoms with E-state index in [0.29, 0.717) is 40.5 Å². The van der Waals surface area contributed by atoms with Crippen LogP contribution in [-0.2, 0) is 28.9 Å². The van der Waals surface area contributed by atoms with Gasteiger partial charge in [-0.1, -0.05) is 17.8 Å². The third-order valence-corrected chi connectivity index (χ3v) is 6.93. The van der Waals surface area contributed by atoms with Gasteiger partial charge in [0.1, 0.15) is 5.00 Å². The van der Waals surface area contributed by atoms with Gasteiger partial charge < -0.3 is 14.5 Å². The second kappa shape index (κ2) is 9.52. The number of carbonyl (C=O) groups excluding carboxylic acids is 2. The zero-order valence-corrected chi connectivity index (χ0v) is 18.7. The van der Waals surface area contributed by atoms with Crippen LogP contribution < -0.4 is 5.32 Å². The molecular weight excluding hydrogens is 436 g/mol. The molecule has 1 aliphatic carbocycles. The average Bonchev–Trinajstić information content (AvgIpc) is 3.51. The quantitative estimate of drug-likeness (QED) is 0.292. The average molecular weight is 459 g/mol. The van der Waals surface area contributed by atoms with Crippen LogP contribution in [0.2, 0.25) is 0 Å². The normalized spacial score (nSPS) is 12.5. The van der Waals surface area contributed by atoms with Crippen molar-refractivity contribution in [2.45, 2.75) is 37.9 Å². The number of nitrogens with zero attached hydrogens (tertiary/aromatic N) is 3. The summed E-state index contributed by atoms with van der Waals surface area (Å²) < 4.78 is 12.5. The van der Waals surface area contributed by atoms with Crippen molar-refractivity contribution in [1.29, 1.82) is 0 Å². The van der Waals surface area contributed by atoms with E-state index in [9.17, 15) is 9.59 Å². The molecule has 0 saturated heterocycles. The number of rotatable bonds is 9. The monoisotopic (exact) mass is 458 g/mol. The number of nitrogens with one attached hydrogen (secondary N) is 1. The van der Waals surface area contributed by atoms with Crippen LogP contribution in [0, 0.1) is 0 Å². The smallest absolute Gasteiger partial charge is 0.341 e.